The van der Waals surface area contributed by atoms with Crippen molar-refractivity contribution in [2.24, 2.45) is 11.5 Å². The first-order valence-corrected chi connectivity index (χ1v) is 11.7. The lowest BCUT2D eigenvalue weighted by molar-refractivity contribution is -0.144. The molecule has 190 valence electrons. The Balaban J connectivity index is 2.89. The Morgan fingerprint density at radius 1 is 1.12 bits per heavy atom. The molecule has 0 radical (unpaired) electrons. The van der Waals surface area contributed by atoms with Gasteiger partial charge >= 0.3 is 5.97 Å². The van der Waals surface area contributed by atoms with Crippen LogP contribution in [0.1, 0.15) is 25.5 Å². The van der Waals surface area contributed by atoms with Crippen LogP contribution in [0.3, 0.4) is 0 Å². The van der Waals surface area contributed by atoms with E-state index in [1.165, 1.54) is 31.2 Å². The third-order valence-electron chi connectivity index (χ3n) is 4.66. The molecule has 5 atom stereocenters. The molecule has 0 fully saturated rings. The topological polar surface area (TPSA) is 243 Å². The summed E-state index contributed by atoms with van der Waals surface area (Å²) >= 11 is 1.38. The molecule has 0 aliphatic carbocycles. The number of aliphatic hydroxyl groups is 1. The molecule has 0 aliphatic heterocycles. The highest BCUT2D eigenvalue weighted by atomic mass is 32.2. The predicted molar refractivity (Wildman–Crippen MR) is 122 cm³/mol. The predicted octanol–water partition coefficient (Wildman–Crippen LogP) is -3.17. The smallest absolute Gasteiger partial charge is 0.326 e. The van der Waals surface area contributed by atoms with Gasteiger partial charge in [-0.3, -0.25) is 19.2 Å². The number of carbonyl (C=O) groups is 5. The van der Waals surface area contributed by atoms with Gasteiger partial charge in [-0.1, -0.05) is 0 Å². The van der Waals surface area contributed by atoms with E-state index in [0.717, 1.165) is 0 Å². The number of aliphatic hydroxyl groups excluding tert-OH is 1. The van der Waals surface area contributed by atoms with E-state index >= 15 is 0 Å². The van der Waals surface area contributed by atoms with Gasteiger partial charge in [0.05, 0.1) is 24.9 Å². The van der Waals surface area contributed by atoms with E-state index in [1.54, 1.807) is 6.26 Å². The van der Waals surface area contributed by atoms with Crippen LogP contribution in [0.25, 0.3) is 0 Å². The van der Waals surface area contributed by atoms with Crippen LogP contribution in [0.5, 0.6) is 0 Å². The van der Waals surface area contributed by atoms with E-state index in [-0.39, 0.29) is 12.8 Å². The maximum atomic E-state index is 12.8. The fourth-order valence-electron chi connectivity index (χ4n) is 2.83. The minimum absolute atomic E-state index is 0.106. The quantitative estimate of drug-likeness (QED) is 0.120. The summed E-state index contributed by atoms with van der Waals surface area (Å²) in [7, 11) is 0. The highest BCUT2D eigenvalue weighted by molar-refractivity contribution is 7.98. The van der Waals surface area contributed by atoms with Gasteiger partial charge in [0.2, 0.25) is 23.6 Å². The molecule has 0 aliphatic rings. The second kappa shape index (κ2) is 14.2. The number of nitrogens with one attached hydrogen (secondary N) is 4. The molecule has 0 saturated heterocycles. The number of rotatable bonds is 15. The number of thioether (sulfide) groups is 1. The average Bonchev–Trinajstić information content (AvgIpc) is 3.26. The number of imidazole rings is 1. The van der Waals surface area contributed by atoms with Gasteiger partial charge in [0.1, 0.15) is 18.1 Å². The van der Waals surface area contributed by atoms with Crippen molar-refractivity contribution >= 4 is 41.4 Å². The number of aromatic amines is 1. The lowest BCUT2D eigenvalue weighted by Crippen LogP contribution is -2.60. The van der Waals surface area contributed by atoms with Gasteiger partial charge in [-0.25, -0.2) is 9.78 Å². The molecule has 4 amide bonds. The molecule has 5 unspecified atom stereocenters. The fourth-order valence-corrected chi connectivity index (χ4v) is 3.30. The molecule has 15 heteroatoms. The first-order valence-electron chi connectivity index (χ1n) is 10.3. The molecular formula is C19H31N7O7S. The normalized spacial score (nSPS) is 15.3. The Kier molecular flexibility index (Phi) is 12.0. The van der Waals surface area contributed by atoms with Crippen LogP contribution in [0.4, 0.5) is 0 Å². The molecule has 10 N–H and O–H groups in total. The second-order valence-corrected chi connectivity index (χ2v) is 8.51. The molecule has 1 aromatic rings. The maximum absolute atomic E-state index is 12.8. The summed E-state index contributed by atoms with van der Waals surface area (Å²) in [5.41, 5.74) is 11.5. The number of amides is 4. The summed E-state index contributed by atoms with van der Waals surface area (Å²) in [4.78, 5) is 66.9. The summed E-state index contributed by atoms with van der Waals surface area (Å²) in [5, 5.41) is 26.2. The number of hydrogen-bond acceptors (Lipinski definition) is 9. The van der Waals surface area contributed by atoms with E-state index < -0.39 is 66.3 Å². The average molecular weight is 502 g/mol. The Morgan fingerprint density at radius 3 is 2.26 bits per heavy atom. The van der Waals surface area contributed by atoms with E-state index in [2.05, 4.69) is 25.9 Å². The van der Waals surface area contributed by atoms with Crippen LogP contribution >= 0.6 is 11.8 Å². The van der Waals surface area contributed by atoms with E-state index in [4.69, 9.17) is 11.5 Å². The van der Waals surface area contributed by atoms with Gasteiger partial charge in [-0.15, -0.1) is 0 Å². The Hall–Kier alpha value is -3.17. The molecule has 14 nitrogen and oxygen atoms in total. The zero-order valence-electron chi connectivity index (χ0n) is 18.8. The molecule has 0 spiro atoms. The monoisotopic (exact) mass is 501 g/mol. The van der Waals surface area contributed by atoms with Gasteiger partial charge in [0.25, 0.3) is 0 Å². The molecule has 34 heavy (non-hydrogen) atoms. The molecule has 1 heterocycles. The summed E-state index contributed by atoms with van der Waals surface area (Å²) in [6.45, 7) is 1.27. The second-order valence-electron chi connectivity index (χ2n) is 7.53. The van der Waals surface area contributed by atoms with Crippen LogP contribution in [-0.4, -0.2) is 92.1 Å². The third kappa shape index (κ3) is 9.76. The number of nitrogens with two attached hydrogens (primary N) is 2. The number of aliphatic carboxylic acids is 1. The highest BCUT2D eigenvalue weighted by Crippen LogP contribution is 2.05. The summed E-state index contributed by atoms with van der Waals surface area (Å²) in [6, 6.07) is -5.26. The van der Waals surface area contributed by atoms with Crippen LogP contribution < -0.4 is 27.4 Å². The lowest BCUT2D eigenvalue weighted by Gasteiger charge is -2.26. The summed E-state index contributed by atoms with van der Waals surface area (Å²) < 4.78 is 0. The van der Waals surface area contributed by atoms with Crippen molar-refractivity contribution in [1.29, 1.82) is 0 Å². The number of hydrogen-bond donors (Lipinski definition) is 8. The Morgan fingerprint density at radius 2 is 1.76 bits per heavy atom. The van der Waals surface area contributed by atoms with Gasteiger partial charge in [-0.2, -0.15) is 11.8 Å². The van der Waals surface area contributed by atoms with Crippen molar-refractivity contribution in [1.82, 2.24) is 25.9 Å². The van der Waals surface area contributed by atoms with E-state index in [0.29, 0.717) is 11.4 Å². The van der Waals surface area contributed by atoms with Crippen molar-refractivity contribution in [2.75, 3.05) is 12.0 Å². The minimum Gasteiger partial charge on any atom is -0.480 e. The Labute approximate surface area is 200 Å². The van der Waals surface area contributed by atoms with Gasteiger partial charge in [0, 0.05) is 18.3 Å². The molecule has 0 aromatic carbocycles. The lowest BCUT2D eigenvalue weighted by atomic mass is 10.1. The molecule has 1 aromatic heterocycles. The zero-order chi connectivity index (χ0) is 25.8. The van der Waals surface area contributed by atoms with Crippen LogP contribution in [-0.2, 0) is 30.4 Å². The molecule has 0 saturated carbocycles. The van der Waals surface area contributed by atoms with Gasteiger partial charge in [0.15, 0.2) is 0 Å². The number of H-pyrrole nitrogens is 1. The minimum atomic E-state index is -1.58. The van der Waals surface area contributed by atoms with Crippen molar-refractivity contribution in [2.45, 2.75) is 56.5 Å². The van der Waals surface area contributed by atoms with Gasteiger partial charge < -0.3 is 42.6 Å². The van der Waals surface area contributed by atoms with Gasteiger partial charge in [-0.05, 0) is 25.4 Å². The van der Waals surface area contributed by atoms with Crippen LogP contribution in [0, 0.1) is 0 Å². The van der Waals surface area contributed by atoms with Crippen molar-refractivity contribution in [3.05, 3.63) is 18.2 Å². The standard InChI is InChI=1S/C19H31N7O7S/c1-9(27)15(26-16(29)11(20)5-10-7-22-8-23-10)18(31)24-12(3-4-34-2)17(30)25-13(19(32)33)6-14(21)28/h7-9,11-13,15,27H,3-6,20H2,1-2H3,(H2,21,28)(H,22,23)(H,24,31)(H,25,30)(H,26,29)(H,32,33). The fraction of sp³-hybridized carbons (Fsp3) is 0.579. The first kappa shape index (κ1) is 28.9. The Bertz CT molecular complexity index is 850. The first-order chi connectivity index (χ1) is 16.0. The zero-order valence-corrected chi connectivity index (χ0v) is 19.6. The number of carboxylic acids is 1. The molecule has 1 rings (SSSR count). The van der Waals surface area contributed by atoms with Crippen molar-refractivity contribution in [3.8, 4) is 0 Å². The molecule has 0 bridgehead atoms. The number of aromatic nitrogens is 2. The van der Waals surface area contributed by atoms with Crippen molar-refractivity contribution in [3.63, 3.8) is 0 Å². The van der Waals surface area contributed by atoms with E-state index in [1.807, 2.05) is 0 Å². The molecular weight excluding hydrogens is 470 g/mol. The number of carbonyl (C=O) groups excluding carboxylic acids is 4. The summed E-state index contributed by atoms with van der Waals surface area (Å²) in [6.07, 6.45) is 2.92. The number of primary amides is 1. The van der Waals surface area contributed by atoms with E-state index in [9.17, 15) is 34.2 Å². The number of carboxylic acid groups (broad SMARTS) is 1. The maximum Gasteiger partial charge on any atom is 0.326 e. The third-order valence-corrected chi connectivity index (χ3v) is 5.30. The van der Waals surface area contributed by atoms with Crippen LogP contribution in [0.2, 0.25) is 0 Å². The summed E-state index contributed by atoms with van der Waals surface area (Å²) in [5.74, 6) is -4.42. The number of nitrogens with zero attached hydrogens (tertiary/aromatic N) is 1. The SMILES string of the molecule is CSCCC(NC(=O)C(NC(=O)C(N)Cc1cnc[nH]1)C(C)O)C(=O)NC(CC(N)=O)C(=O)O. The van der Waals surface area contributed by atoms with Crippen molar-refractivity contribution < 1.29 is 34.2 Å². The van der Waals surface area contributed by atoms with Crippen LogP contribution in [0.15, 0.2) is 12.5 Å². The highest BCUT2D eigenvalue weighted by Gasteiger charge is 2.32. The largest absolute Gasteiger partial charge is 0.480 e.